The van der Waals surface area contributed by atoms with Crippen LogP contribution in [0.5, 0.6) is 0 Å². The number of aliphatic hydroxyl groups excluding tert-OH is 1. The predicted molar refractivity (Wildman–Crippen MR) is 56.5 cm³/mol. The minimum Gasteiger partial charge on any atom is -0.396 e. The van der Waals surface area contributed by atoms with Gasteiger partial charge in [-0.2, -0.15) is 5.10 Å². The first-order valence-electron chi connectivity index (χ1n) is 4.80. The molecule has 0 aromatic carbocycles. The number of hydrogen-bond acceptors (Lipinski definition) is 5. The molecule has 15 heavy (non-hydrogen) atoms. The normalized spacial score (nSPS) is 10.8. The summed E-state index contributed by atoms with van der Waals surface area (Å²) >= 11 is 0. The molecule has 0 bridgehead atoms. The van der Waals surface area contributed by atoms with Gasteiger partial charge in [-0.1, -0.05) is 0 Å². The van der Waals surface area contributed by atoms with E-state index in [-0.39, 0.29) is 6.61 Å². The fourth-order valence-corrected chi connectivity index (χ4v) is 1.39. The molecule has 6 nitrogen and oxygen atoms in total. The molecular weight excluding hydrogens is 194 g/mol. The second-order valence-electron chi connectivity index (χ2n) is 3.23. The summed E-state index contributed by atoms with van der Waals surface area (Å²) in [7, 11) is 1.84. The van der Waals surface area contributed by atoms with Crippen LogP contribution in [-0.2, 0) is 7.05 Å². The quantitative estimate of drug-likeness (QED) is 0.698. The monoisotopic (exact) mass is 207 g/mol. The van der Waals surface area contributed by atoms with Crippen LogP contribution in [0.3, 0.4) is 0 Å². The molecule has 0 saturated heterocycles. The smallest absolute Gasteiger partial charge is 0.163 e. The molecule has 0 aliphatic heterocycles. The van der Waals surface area contributed by atoms with Gasteiger partial charge in [-0.25, -0.2) is 9.97 Å². The minimum atomic E-state index is 0.175. The van der Waals surface area contributed by atoms with E-state index in [1.54, 1.807) is 10.9 Å². The van der Waals surface area contributed by atoms with Gasteiger partial charge in [0.15, 0.2) is 5.65 Å². The van der Waals surface area contributed by atoms with Crippen molar-refractivity contribution in [1.82, 2.24) is 19.7 Å². The summed E-state index contributed by atoms with van der Waals surface area (Å²) in [5.41, 5.74) is 0.802. The zero-order valence-corrected chi connectivity index (χ0v) is 8.51. The highest BCUT2D eigenvalue weighted by atomic mass is 16.3. The lowest BCUT2D eigenvalue weighted by Crippen LogP contribution is -2.05. The van der Waals surface area contributed by atoms with Crippen LogP contribution in [0.4, 0.5) is 5.82 Å². The van der Waals surface area contributed by atoms with Crippen molar-refractivity contribution in [3.05, 3.63) is 12.5 Å². The van der Waals surface area contributed by atoms with Crippen molar-refractivity contribution >= 4 is 16.9 Å². The fourth-order valence-electron chi connectivity index (χ4n) is 1.39. The molecular formula is C9H13N5O. The van der Waals surface area contributed by atoms with E-state index in [2.05, 4.69) is 20.4 Å². The van der Waals surface area contributed by atoms with E-state index in [0.717, 1.165) is 16.9 Å². The molecule has 2 heterocycles. The molecule has 0 amide bonds. The van der Waals surface area contributed by atoms with Crippen LogP contribution >= 0.6 is 0 Å². The highest BCUT2D eigenvalue weighted by Gasteiger charge is 2.06. The Kier molecular flexibility index (Phi) is 2.77. The lowest BCUT2D eigenvalue weighted by Gasteiger charge is -2.04. The number of fused-ring (bicyclic) bond motifs is 1. The third-order valence-electron chi connectivity index (χ3n) is 2.16. The lowest BCUT2D eigenvalue weighted by atomic mass is 10.3. The second kappa shape index (κ2) is 4.22. The van der Waals surface area contributed by atoms with Crippen molar-refractivity contribution in [2.24, 2.45) is 7.05 Å². The summed E-state index contributed by atoms with van der Waals surface area (Å²) in [6.07, 6.45) is 3.94. The molecule has 2 aromatic rings. The molecule has 0 atom stereocenters. The van der Waals surface area contributed by atoms with E-state index in [1.165, 1.54) is 6.33 Å². The Labute approximate surface area is 87.0 Å². The topological polar surface area (TPSA) is 75.9 Å². The van der Waals surface area contributed by atoms with Crippen LogP contribution in [0.25, 0.3) is 11.0 Å². The molecule has 6 heteroatoms. The van der Waals surface area contributed by atoms with Gasteiger partial charge in [-0.15, -0.1) is 0 Å². The maximum absolute atomic E-state index is 8.67. The number of aliphatic hydroxyl groups is 1. The summed E-state index contributed by atoms with van der Waals surface area (Å²) < 4.78 is 1.70. The molecule has 0 aliphatic carbocycles. The van der Waals surface area contributed by atoms with E-state index >= 15 is 0 Å². The molecule has 0 spiro atoms. The van der Waals surface area contributed by atoms with E-state index in [4.69, 9.17) is 5.11 Å². The van der Waals surface area contributed by atoms with Crippen molar-refractivity contribution in [1.29, 1.82) is 0 Å². The highest BCUT2D eigenvalue weighted by Crippen LogP contribution is 2.17. The number of aryl methyl sites for hydroxylation is 1. The number of nitrogens with zero attached hydrogens (tertiary/aromatic N) is 4. The van der Waals surface area contributed by atoms with Gasteiger partial charge < -0.3 is 10.4 Å². The Morgan fingerprint density at radius 3 is 3.13 bits per heavy atom. The summed E-state index contributed by atoms with van der Waals surface area (Å²) in [4.78, 5) is 8.26. The Bertz CT molecular complexity index is 453. The Morgan fingerprint density at radius 1 is 1.47 bits per heavy atom. The van der Waals surface area contributed by atoms with E-state index in [0.29, 0.717) is 13.0 Å². The number of hydrogen-bond donors (Lipinski definition) is 2. The average molecular weight is 207 g/mol. The molecule has 80 valence electrons. The van der Waals surface area contributed by atoms with Gasteiger partial charge in [0.25, 0.3) is 0 Å². The van der Waals surface area contributed by atoms with Crippen molar-refractivity contribution in [3.8, 4) is 0 Å². The third-order valence-corrected chi connectivity index (χ3v) is 2.16. The molecule has 2 aromatic heterocycles. The maximum Gasteiger partial charge on any atom is 0.163 e. The lowest BCUT2D eigenvalue weighted by molar-refractivity contribution is 0.292. The first kappa shape index (κ1) is 9.85. The van der Waals surface area contributed by atoms with E-state index in [1.807, 2.05) is 7.05 Å². The van der Waals surface area contributed by atoms with Crippen LogP contribution < -0.4 is 5.32 Å². The summed E-state index contributed by atoms with van der Waals surface area (Å²) in [5, 5.41) is 16.8. The standard InChI is InChI=1S/C9H13N5O/c1-14-9-7(5-13-14)8(11-6-12-9)10-3-2-4-15/h5-6,15H,2-4H2,1H3,(H,10,11,12). The van der Waals surface area contributed by atoms with Gasteiger partial charge in [0.05, 0.1) is 11.6 Å². The first-order valence-corrected chi connectivity index (χ1v) is 4.80. The Balaban J connectivity index is 2.26. The summed E-state index contributed by atoms with van der Waals surface area (Å²) in [6, 6.07) is 0. The van der Waals surface area contributed by atoms with Crippen LogP contribution in [0, 0.1) is 0 Å². The Hall–Kier alpha value is -1.69. The zero-order chi connectivity index (χ0) is 10.7. The molecule has 2 rings (SSSR count). The second-order valence-corrected chi connectivity index (χ2v) is 3.23. The van der Waals surface area contributed by atoms with Gasteiger partial charge in [-0.3, -0.25) is 4.68 Å². The van der Waals surface area contributed by atoms with Gasteiger partial charge in [0.1, 0.15) is 12.1 Å². The van der Waals surface area contributed by atoms with Crippen molar-refractivity contribution in [3.63, 3.8) is 0 Å². The number of anilines is 1. The van der Waals surface area contributed by atoms with Crippen molar-refractivity contribution in [2.45, 2.75) is 6.42 Å². The van der Waals surface area contributed by atoms with Gasteiger partial charge in [-0.05, 0) is 6.42 Å². The van der Waals surface area contributed by atoms with Crippen LogP contribution in [-0.4, -0.2) is 38.0 Å². The predicted octanol–water partition coefficient (Wildman–Crippen LogP) is 0.158. The maximum atomic E-state index is 8.67. The van der Waals surface area contributed by atoms with E-state index < -0.39 is 0 Å². The number of aromatic nitrogens is 4. The summed E-state index contributed by atoms with van der Waals surface area (Å²) in [5.74, 6) is 0.765. The van der Waals surface area contributed by atoms with Crippen molar-refractivity contribution < 1.29 is 5.11 Å². The van der Waals surface area contributed by atoms with Gasteiger partial charge in [0.2, 0.25) is 0 Å². The average Bonchev–Trinajstić information content (AvgIpc) is 2.62. The fraction of sp³-hybridized carbons (Fsp3) is 0.444. The highest BCUT2D eigenvalue weighted by molar-refractivity contribution is 5.85. The van der Waals surface area contributed by atoms with Gasteiger partial charge >= 0.3 is 0 Å². The van der Waals surface area contributed by atoms with Gasteiger partial charge in [0, 0.05) is 20.2 Å². The third kappa shape index (κ3) is 1.89. The molecule has 2 N–H and O–H groups in total. The van der Waals surface area contributed by atoms with Crippen LogP contribution in [0.15, 0.2) is 12.5 Å². The van der Waals surface area contributed by atoms with Crippen LogP contribution in [0.1, 0.15) is 6.42 Å². The zero-order valence-electron chi connectivity index (χ0n) is 8.51. The van der Waals surface area contributed by atoms with E-state index in [9.17, 15) is 0 Å². The molecule has 0 radical (unpaired) electrons. The molecule has 0 saturated carbocycles. The number of nitrogens with one attached hydrogen (secondary N) is 1. The minimum absolute atomic E-state index is 0.175. The SMILES string of the molecule is Cn1ncc2c(NCCCO)ncnc21. The number of rotatable bonds is 4. The van der Waals surface area contributed by atoms with Crippen molar-refractivity contribution in [2.75, 3.05) is 18.5 Å². The molecule has 0 aliphatic rings. The van der Waals surface area contributed by atoms with Crippen LogP contribution in [0.2, 0.25) is 0 Å². The largest absolute Gasteiger partial charge is 0.396 e. The Morgan fingerprint density at radius 2 is 2.33 bits per heavy atom. The molecule has 0 fully saturated rings. The molecule has 0 unspecified atom stereocenters. The summed E-state index contributed by atoms with van der Waals surface area (Å²) in [6.45, 7) is 0.867. The first-order chi connectivity index (χ1) is 7.33.